The van der Waals surface area contributed by atoms with Crippen molar-refractivity contribution in [2.24, 2.45) is 5.10 Å². The molecule has 3 aromatic rings. The number of halogens is 2. The van der Waals surface area contributed by atoms with Gasteiger partial charge in [-0.1, -0.05) is 53.5 Å². The summed E-state index contributed by atoms with van der Waals surface area (Å²) in [4.78, 5) is 4.49. The first-order chi connectivity index (χ1) is 10.7. The summed E-state index contributed by atoms with van der Waals surface area (Å²) in [6, 6.07) is 15.2. The third kappa shape index (κ3) is 3.65. The predicted octanol–water partition coefficient (Wildman–Crippen LogP) is 5.56. The summed E-state index contributed by atoms with van der Waals surface area (Å²) in [5.74, 6) is 0. The largest absolute Gasteiger partial charge is 0.253 e. The topological polar surface area (TPSA) is 37.3 Å². The number of aromatic nitrogens is 1. The van der Waals surface area contributed by atoms with Gasteiger partial charge in [-0.25, -0.2) is 4.98 Å². The molecule has 0 spiro atoms. The van der Waals surface area contributed by atoms with E-state index in [0.717, 1.165) is 16.8 Å². The van der Waals surface area contributed by atoms with Crippen LogP contribution in [-0.2, 0) is 0 Å². The highest BCUT2D eigenvalue weighted by Crippen LogP contribution is 2.24. The number of nitrogens with one attached hydrogen (secondary N) is 1. The molecule has 6 heteroatoms. The van der Waals surface area contributed by atoms with Gasteiger partial charge in [-0.15, -0.1) is 11.3 Å². The molecule has 1 N–H and O–H groups in total. The van der Waals surface area contributed by atoms with Crippen molar-refractivity contribution >= 4 is 45.9 Å². The van der Waals surface area contributed by atoms with Crippen LogP contribution in [0.4, 0.5) is 5.13 Å². The third-order valence-corrected chi connectivity index (χ3v) is 4.22. The Morgan fingerprint density at radius 3 is 2.73 bits per heavy atom. The number of hydrazone groups is 1. The van der Waals surface area contributed by atoms with Crippen LogP contribution in [-0.4, -0.2) is 11.2 Å². The number of rotatable bonds is 4. The Balaban J connectivity index is 1.71. The van der Waals surface area contributed by atoms with Crippen molar-refractivity contribution < 1.29 is 0 Å². The van der Waals surface area contributed by atoms with Crippen molar-refractivity contribution in [1.82, 2.24) is 4.98 Å². The highest BCUT2D eigenvalue weighted by molar-refractivity contribution is 7.14. The molecule has 3 rings (SSSR count). The lowest BCUT2D eigenvalue weighted by molar-refractivity contribution is 1.29. The van der Waals surface area contributed by atoms with E-state index in [4.69, 9.17) is 23.2 Å². The summed E-state index contributed by atoms with van der Waals surface area (Å²) >= 11 is 13.5. The van der Waals surface area contributed by atoms with Crippen molar-refractivity contribution in [2.45, 2.75) is 0 Å². The Morgan fingerprint density at radius 2 is 1.91 bits per heavy atom. The van der Waals surface area contributed by atoms with Crippen LogP contribution < -0.4 is 5.43 Å². The van der Waals surface area contributed by atoms with Crippen LogP contribution in [0.1, 0.15) is 5.56 Å². The van der Waals surface area contributed by atoms with Gasteiger partial charge in [0.1, 0.15) is 0 Å². The quantitative estimate of drug-likeness (QED) is 0.495. The maximum atomic E-state index is 6.07. The monoisotopic (exact) mass is 347 g/mol. The van der Waals surface area contributed by atoms with Crippen molar-refractivity contribution in [3.8, 4) is 11.3 Å². The molecule has 0 aliphatic carbocycles. The number of benzene rings is 2. The van der Waals surface area contributed by atoms with Gasteiger partial charge in [0.25, 0.3) is 0 Å². The summed E-state index contributed by atoms with van der Waals surface area (Å²) in [7, 11) is 0. The lowest BCUT2D eigenvalue weighted by atomic mass is 10.2. The van der Waals surface area contributed by atoms with Crippen LogP contribution in [0.15, 0.2) is 59.0 Å². The molecule has 1 aromatic heterocycles. The van der Waals surface area contributed by atoms with Crippen LogP contribution in [0.5, 0.6) is 0 Å². The van der Waals surface area contributed by atoms with Crippen LogP contribution >= 0.6 is 34.5 Å². The minimum atomic E-state index is 0.596. The van der Waals surface area contributed by atoms with Crippen molar-refractivity contribution in [3.05, 3.63) is 69.5 Å². The van der Waals surface area contributed by atoms with Gasteiger partial charge in [0.2, 0.25) is 5.13 Å². The second kappa shape index (κ2) is 6.92. The van der Waals surface area contributed by atoms with Crippen LogP contribution in [0.25, 0.3) is 11.3 Å². The second-order valence-electron chi connectivity index (χ2n) is 4.44. The highest BCUT2D eigenvalue weighted by Gasteiger charge is 2.03. The maximum absolute atomic E-state index is 6.07. The van der Waals surface area contributed by atoms with Gasteiger partial charge < -0.3 is 0 Å². The molecule has 3 nitrogen and oxygen atoms in total. The average Bonchev–Trinajstić information content (AvgIpc) is 3.00. The van der Waals surface area contributed by atoms with Gasteiger partial charge in [-0.2, -0.15) is 5.10 Å². The zero-order valence-electron chi connectivity index (χ0n) is 11.3. The lowest BCUT2D eigenvalue weighted by Gasteiger charge is -1.98. The van der Waals surface area contributed by atoms with Crippen molar-refractivity contribution in [1.29, 1.82) is 0 Å². The summed E-state index contributed by atoms with van der Waals surface area (Å²) < 4.78 is 0. The fourth-order valence-corrected chi connectivity index (χ4v) is 2.85. The zero-order chi connectivity index (χ0) is 15.4. The normalized spacial score (nSPS) is 11.0. The van der Waals surface area contributed by atoms with Gasteiger partial charge in [0.05, 0.1) is 11.9 Å². The van der Waals surface area contributed by atoms with Crippen molar-refractivity contribution in [3.63, 3.8) is 0 Å². The molecule has 0 unspecified atom stereocenters. The van der Waals surface area contributed by atoms with E-state index in [1.165, 1.54) is 11.3 Å². The van der Waals surface area contributed by atoms with E-state index < -0.39 is 0 Å². The third-order valence-electron chi connectivity index (χ3n) is 2.90. The molecule has 0 aliphatic rings. The molecule has 0 saturated carbocycles. The Bertz CT molecular complexity index is 800. The molecule has 1 heterocycles. The summed E-state index contributed by atoms with van der Waals surface area (Å²) in [5.41, 5.74) is 5.65. The van der Waals surface area contributed by atoms with Gasteiger partial charge in [-0.3, -0.25) is 5.43 Å². The van der Waals surface area contributed by atoms with Gasteiger partial charge in [0.15, 0.2) is 0 Å². The lowest BCUT2D eigenvalue weighted by Crippen LogP contribution is -1.91. The molecule has 0 aliphatic heterocycles. The standard InChI is InChI=1S/C16H11Cl2N3S/c17-13-6-7-14(18)12(8-13)9-19-21-16-20-15(10-22-16)11-4-2-1-3-5-11/h1-10H,(H,20,21). The molecular formula is C16H11Cl2N3S. The van der Waals surface area contributed by atoms with Crippen LogP contribution in [0, 0.1) is 0 Å². The molecule has 0 bridgehead atoms. The van der Waals surface area contributed by atoms with E-state index in [-0.39, 0.29) is 0 Å². The summed E-state index contributed by atoms with van der Waals surface area (Å²) in [6.07, 6.45) is 1.62. The zero-order valence-corrected chi connectivity index (χ0v) is 13.7. The Labute approximate surface area is 142 Å². The van der Waals surface area contributed by atoms with E-state index in [1.54, 1.807) is 24.4 Å². The van der Waals surface area contributed by atoms with Gasteiger partial charge in [0, 0.05) is 26.6 Å². The molecule has 2 aromatic carbocycles. The Kier molecular flexibility index (Phi) is 4.73. The first kappa shape index (κ1) is 15.0. The molecule has 22 heavy (non-hydrogen) atoms. The summed E-state index contributed by atoms with van der Waals surface area (Å²) in [5, 5.41) is 8.07. The Morgan fingerprint density at radius 1 is 1.09 bits per heavy atom. The summed E-state index contributed by atoms with van der Waals surface area (Å²) in [6.45, 7) is 0. The second-order valence-corrected chi connectivity index (χ2v) is 6.14. The average molecular weight is 348 g/mol. The SMILES string of the molecule is Clc1ccc(Cl)c(C=NNc2nc(-c3ccccc3)cs2)c1. The van der Waals surface area contributed by atoms with Crippen LogP contribution in [0.3, 0.4) is 0 Å². The number of hydrogen-bond donors (Lipinski definition) is 1. The molecule has 0 fully saturated rings. The van der Waals surface area contributed by atoms with E-state index >= 15 is 0 Å². The molecule has 0 saturated heterocycles. The highest BCUT2D eigenvalue weighted by atomic mass is 35.5. The Hall–Kier alpha value is -1.88. The molecule has 110 valence electrons. The minimum absolute atomic E-state index is 0.596. The fraction of sp³-hybridized carbons (Fsp3) is 0. The van der Waals surface area contributed by atoms with E-state index in [2.05, 4.69) is 15.5 Å². The van der Waals surface area contributed by atoms with Gasteiger partial charge in [-0.05, 0) is 18.2 Å². The fourth-order valence-electron chi connectivity index (χ4n) is 1.84. The van der Waals surface area contributed by atoms with E-state index in [1.807, 2.05) is 35.7 Å². The molecular weight excluding hydrogens is 337 g/mol. The smallest absolute Gasteiger partial charge is 0.203 e. The van der Waals surface area contributed by atoms with Crippen molar-refractivity contribution in [2.75, 3.05) is 5.43 Å². The number of nitrogens with zero attached hydrogens (tertiary/aromatic N) is 2. The van der Waals surface area contributed by atoms with Gasteiger partial charge >= 0.3 is 0 Å². The minimum Gasteiger partial charge on any atom is -0.253 e. The first-order valence-electron chi connectivity index (χ1n) is 6.47. The molecule has 0 atom stereocenters. The first-order valence-corrected chi connectivity index (χ1v) is 8.11. The molecule has 0 amide bonds. The van der Waals surface area contributed by atoms with E-state index in [0.29, 0.717) is 15.2 Å². The number of thiazole rings is 1. The number of hydrogen-bond acceptors (Lipinski definition) is 4. The van der Waals surface area contributed by atoms with Crippen LogP contribution in [0.2, 0.25) is 10.0 Å². The number of anilines is 1. The van der Waals surface area contributed by atoms with E-state index in [9.17, 15) is 0 Å². The predicted molar refractivity (Wildman–Crippen MR) is 95.2 cm³/mol. The maximum Gasteiger partial charge on any atom is 0.203 e. The molecule has 0 radical (unpaired) electrons.